The Balaban J connectivity index is 1.77. The number of aromatic nitrogens is 4. The number of para-hydroxylation sites is 1. The maximum Gasteiger partial charge on any atom is 0.250 e. The van der Waals surface area contributed by atoms with Gasteiger partial charge in [-0.2, -0.15) is 4.80 Å². The summed E-state index contributed by atoms with van der Waals surface area (Å²) < 4.78 is 10.5. The number of benzene rings is 2. The summed E-state index contributed by atoms with van der Waals surface area (Å²) in [4.78, 5) is 15.6. The Morgan fingerprint density at radius 3 is 2.48 bits per heavy atom. The zero-order valence-electron chi connectivity index (χ0n) is 15.5. The number of amides is 1. The lowest BCUT2D eigenvalue weighted by Gasteiger charge is -2.20. The number of carbonyl (C=O) groups excluding carboxylic acids is 1. The predicted molar refractivity (Wildman–Crippen MR) is 101 cm³/mol. The van der Waals surface area contributed by atoms with E-state index in [9.17, 15) is 4.79 Å². The van der Waals surface area contributed by atoms with E-state index in [4.69, 9.17) is 9.47 Å². The van der Waals surface area contributed by atoms with Gasteiger partial charge in [-0.3, -0.25) is 4.79 Å². The number of hydrogen-bond donors (Lipinski definition) is 0. The van der Waals surface area contributed by atoms with Gasteiger partial charge in [0, 0.05) is 17.8 Å². The number of hydrogen-bond acceptors (Lipinski definition) is 6. The van der Waals surface area contributed by atoms with Gasteiger partial charge in [0.15, 0.2) is 11.5 Å². The van der Waals surface area contributed by atoms with Crippen LogP contribution in [0.15, 0.2) is 48.5 Å². The molecule has 0 saturated carbocycles. The average Bonchev–Trinajstić information content (AvgIpc) is 3.17. The number of methoxy groups -OCH3 is 2. The van der Waals surface area contributed by atoms with Crippen LogP contribution in [0.3, 0.4) is 0 Å². The van der Waals surface area contributed by atoms with Crippen molar-refractivity contribution >= 4 is 11.6 Å². The number of likely N-dealkylation sites (N-methyl/N-ethyl adjacent to an activating group) is 1. The van der Waals surface area contributed by atoms with Crippen LogP contribution >= 0.6 is 0 Å². The molecule has 0 atom stereocenters. The molecule has 0 saturated heterocycles. The fourth-order valence-corrected chi connectivity index (χ4v) is 2.72. The Morgan fingerprint density at radius 2 is 1.81 bits per heavy atom. The van der Waals surface area contributed by atoms with Crippen molar-refractivity contribution in [3.63, 3.8) is 0 Å². The van der Waals surface area contributed by atoms with Crippen LogP contribution < -0.4 is 14.4 Å². The maximum atomic E-state index is 12.6. The van der Waals surface area contributed by atoms with Crippen molar-refractivity contribution in [1.82, 2.24) is 20.2 Å². The molecule has 140 valence electrons. The predicted octanol–water partition coefficient (Wildman–Crippen LogP) is 2.41. The van der Waals surface area contributed by atoms with Crippen molar-refractivity contribution in [2.75, 3.05) is 25.7 Å². The van der Waals surface area contributed by atoms with Gasteiger partial charge in [0.05, 0.1) is 14.2 Å². The highest BCUT2D eigenvalue weighted by Gasteiger charge is 2.17. The van der Waals surface area contributed by atoms with Crippen LogP contribution in [0.1, 0.15) is 6.92 Å². The van der Waals surface area contributed by atoms with Crippen molar-refractivity contribution in [2.24, 2.45) is 0 Å². The van der Waals surface area contributed by atoms with Crippen LogP contribution in [0.2, 0.25) is 0 Å². The summed E-state index contributed by atoms with van der Waals surface area (Å²) >= 11 is 0. The Bertz CT molecular complexity index is 911. The van der Waals surface area contributed by atoms with Crippen LogP contribution in [0.4, 0.5) is 5.69 Å². The first kappa shape index (κ1) is 18.4. The van der Waals surface area contributed by atoms with Crippen molar-refractivity contribution in [3.8, 4) is 22.9 Å². The molecule has 0 aliphatic rings. The molecule has 3 aromatic rings. The topological polar surface area (TPSA) is 82.4 Å². The van der Waals surface area contributed by atoms with Gasteiger partial charge in [-0.15, -0.1) is 10.2 Å². The van der Waals surface area contributed by atoms with Crippen LogP contribution in [0.25, 0.3) is 11.4 Å². The molecule has 0 bridgehead atoms. The molecule has 8 heteroatoms. The summed E-state index contributed by atoms with van der Waals surface area (Å²) in [5, 5.41) is 12.4. The lowest BCUT2D eigenvalue weighted by Crippen LogP contribution is -2.34. The normalized spacial score (nSPS) is 10.5. The monoisotopic (exact) mass is 367 g/mol. The molecule has 1 amide bonds. The van der Waals surface area contributed by atoms with Gasteiger partial charge in [0.1, 0.15) is 6.54 Å². The highest BCUT2D eigenvalue weighted by molar-refractivity contribution is 5.92. The van der Waals surface area contributed by atoms with E-state index >= 15 is 0 Å². The smallest absolute Gasteiger partial charge is 0.250 e. The number of anilines is 1. The summed E-state index contributed by atoms with van der Waals surface area (Å²) in [5.74, 6) is 1.49. The second-order valence-corrected chi connectivity index (χ2v) is 5.69. The zero-order valence-corrected chi connectivity index (χ0v) is 15.5. The van der Waals surface area contributed by atoms with E-state index in [0.717, 1.165) is 11.3 Å². The molecule has 0 fully saturated rings. The van der Waals surface area contributed by atoms with Crippen LogP contribution in [0, 0.1) is 0 Å². The molecule has 1 aromatic heterocycles. The van der Waals surface area contributed by atoms with Gasteiger partial charge in [0.25, 0.3) is 5.91 Å². The minimum Gasteiger partial charge on any atom is -0.493 e. The largest absolute Gasteiger partial charge is 0.493 e. The molecule has 2 aromatic carbocycles. The third-order valence-electron chi connectivity index (χ3n) is 4.06. The Labute approximate surface area is 157 Å². The van der Waals surface area contributed by atoms with Gasteiger partial charge in [0.2, 0.25) is 5.82 Å². The Morgan fingerprint density at radius 1 is 1.07 bits per heavy atom. The Kier molecular flexibility index (Phi) is 5.65. The summed E-state index contributed by atoms with van der Waals surface area (Å²) in [6, 6.07) is 14.8. The van der Waals surface area contributed by atoms with Gasteiger partial charge < -0.3 is 14.4 Å². The van der Waals surface area contributed by atoms with E-state index in [1.807, 2.05) is 43.3 Å². The summed E-state index contributed by atoms with van der Waals surface area (Å²) in [7, 11) is 3.14. The van der Waals surface area contributed by atoms with Gasteiger partial charge in [-0.25, -0.2) is 0 Å². The molecular weight excluding hydrogens is 346 g/mol. The molecular formula is C19H21N5O3. The highest BCUT2D eigenvalue weighted by atomic mass is 16.5. The SMILES string of the molecule is CCN(C(=O)Cn1nnc(-c2ccc(OC)c(OC)c2)n1)c1ccccc1. The molecule has 0 N–H and O–H groups in total. The summed E-state index contributed by atoms with van der Waals surface area (Å²) in [6.07, 6.45) is 0. The standard InChI is InChI=1S/C19H21N5O3/c1-4-23(15-8-6-5-7-9-15)18(25)13-24-21-19(20-22-24)14-10-11-16(26-2)17(12-14)27-3/h5-12H,4,13H2,1-3H3. The number of ether oxygens (including phenoxy) is 2. The third kappa shape index (κ3) is 4.05. The van der Waals surface area contributed by atoms with Crippen molar-refractivity contribution < 1.29 is 14.3 Å². The molecule has 27 heavy (non-hydrogen) atoms. The van der Waals surface area contributed by atoms with Gasteiger partial charge >= 0.3 is 0 Å². The summed E-state index contributed by atoms with van der Waals surface area (Å²) in [5.41, 5.74) is 1.56. The summed E-state index contributed by atoms with van der Waals surface area (Å²) in [6.45, 7) is 2.48. The molecule has 0 aliphatic heterocycles. The van der Waals surface area contributed by atoms with E-state index in [1.165, 1.54) is 4.80 Å². The van der Waals surface area contributed by atoms with E-state index < -0.39 is 0 Å². The third-order valence-corrected chi connectivity index (χ3v) is 4.06. The van der Waals surface area contributed by atoms with Crippen molar-refractivity contribution in [2.45, 2.75) is 13.5 Å². The fourth-order valence-electron chi connectivity index (χ4n) is 2.72. The number of tetrazole rings is 1. The van der Waals surface area contributed by atoms with Crippen LogP contribution in [0.5, 0.6) is 11.5 Å². The highest BCUT2D eigenvalue weighted by Crippen LogP contribution is 2.30. The quantitative estimate of drug-likeness (QED) is 0.638. The molecule has 1 heterocycles. The molecule has 0 radical (unpaired) electrons. The van der Waals surface area contributed by atoms with E-state index in [-0.39, 0.29) is 12.5 Å². The second kappa shape index (κ2) is 8.31. The van der Waals surface area contributed by atoms with Gasteiger partial charge in [-0.1, -0.05) is 18.2 Å². The number of rotatable bonds is 7. The molecule has 8 nitrogen and oxygen atoms in total. The van der Waals surface area contributed by atoms with Crippen LogP contribution in [-0.4, -0.2) is 46.9 Å². The van der Waals surface area contributed by atoms with Crippen molar-refractivity contribution in [3.05, 3.63) is 48.5 Å². The first-order chi connectivity index (χ1) is 13.2. The number of carbonyl (C=O) groups is 1. The lowest BCUT2D eigenvalue weighted by atomic mass is 10.2. The minimum absolute atomic E-state index is 0.00300. The maximum absolute atomic E-state index is 12.6. The first-order valence-corrected chi connectivity index (χ1v) is 8.52. The Hall–Kier alpha value is -3.42. The lowest BCUT2D eigenvalue weighted by molar-refractivity contribution is -0.119. The molecule has 0 aliphatic carbocycles. The minimum atomic E-state index is -0.111. The molecule has 3 rings (SSSR count). The molecule has 0 spiro atoms. The number of nitrogens with zero attached hydrogens (tertiary/aromatic N) is 5. The van der Waals surface area contributed by atoms with E-state index in [2.05, 4.69) is 15.4 Å². The average molecular weight is 367 g/mol. The first-order valence-electron chi connectivity index (χ1n) is 8.52. The zero-order chi connectivity index (χ0) is 19.2. The molecule has 0 unspecified atom stereocenters. The van der Waals surface area contributed by atoms with Gasteiger partial charge in [-0.05, 0) is 42.5 Å². The van der Waals surface area contributed by atoms with Crippen molar-refractivity contribution in [1.29, 1.82) is 0 Å². The van der Waals surface area contributed by atoms with Crippen LogP contribution in [-0.2, 0) is 11.3 Å². The second-order valence-electron chi connectivity index (χ2n) is 5.69. The van der Waals surface area contributed by atoms with E-state index in [0.29, 0.717) is 23.9 Å². The van der Waals surface area contributed by atoms with E-state index in [1.54, 1.807) is 31.3 Å². The fraction of sp³-hybridized carbons (Fsp3) is 0.263.